The molecule has 0 saturated carbocycles. The molecule has 0 aromatic heterocycles. The quantitative estimate of drug-likeness (QED) is 0.386. The molecule has 3 heteroatoms. The number of alkyl halides is 1. The molecule has 0 aliphatic heterocycles. The lowest BCUT2D eigenvalue weighted by molar-refractivity contribution is -0.272. The molecule has 0 radical (unpaired) electrons. The maximum Gasteiger partial charge on any atom is 0.102 e. The molecule has 0 unspecified atom stereocenters. The lowest BCUT2D eigenvalue weighted by Gasteiger charge is -2.44. The number of benzene rings is 2. The van der Waals surface area contributed by atoms with Crippen LogP contribution in [0, 0.1) is 5.92 Å². The first kappa shape index (κ1) is 21.0. The Morgan fingerprint density at radius 3 is 1.92 bits per heavy atom. The van der Waals surface area contributed by atoms with Gasteiger partial charge >= 0.3 is 0 Å². The molecule has 0 fully saturated rings. The highest BCUT2D eigenvalue weighted by Gasteiger charge is 2.34. The van der Waals surface area contributed by atoms with Gasteiger partial charge in [-0.2, -0.15) is 5.06 Å². The molecule has 2 atom stereocenters. The van der Waals surface area contributed by atoms with E-state index in [1.54, 1.807) is 0 Å². The average molecular weight is 374 g/mol. The van der Waals surface area contributed by atoms with Crippen molar-refractivity contribution in [3.05, 3.63) is 71.3 Å². The number of hydrogen-bond acceptors (Lipinski definition) is 2. The lowest BCUT2D eigenvalue weighted by Crippen LogP contribution is -2.46. The summed E-state index contributed by atoms with van der Waals surface area (Å²) >= 11 is 5.91. The van der Waals surface area contributed by atoms with E-state index in [0.29, 0.717) is 11.8 Å². The van der Waals surface area contributed by atoms with Crippen LogP contribution in [0.4, 0.5) is 0 Å². The van der Waals surface area contributed by atoms with E-state index in [2.05, 4.69) is 101 Å². The molecule has 0 spiro atoms. The monoisotopic (exact) mass is 373 g/mol. The van der Waals surface area contributed by atoms with Crippen LogP contribution in [0.25, 0.3) is 0 Å². The Hall–Kier alpha value is -1.35. The van der Waals surface area contributed by atoms with Gasteiger partial charge in [-0.15, -0.1) is 11.6 Å². The van der Waals surface area contributed by atoms with Crippen molar-refractivity contribution in [3.63, 3.8) is 0 Å². The summed E-state index contributed by atoms with van der Waals surface area (Å²) < 4.78 is 0. The minimum atomic E-state index is -0.130. The van der Waals surface area contributed by atoms with E-state index in [0.717, 1.165) is 11.1 Å². The third-order valence-electron chi connectivity index (χ3n) is 4.56. The van der Waals surface area contributed by atoms with Gasteiger partial charge in [0, 0.05) is 11.4 Å². The molecule has 0 amide bonds. The summed E-state index contributed by atoms with van der Waals surface area (Å²) in [4.78, 5) is 6.55. The zero-order valence-corrected chi connectivity index (χ0v) is 17.6. The van der Waals surface area contributed by atoms with E-state index >= 15 is 0 Å². The molecule has 0 bridgehead atoms. The van der Waals surface area contributed by atoms with Crippen molar-refractivity contribution in [2.75, 3.05) is 0 Å². The fraction of sp³-hybridized carbons (Fsp3) is 0.478. The van der Waals surface area contributed by atoms with Gasteiger partial charge in [0.25, 0.3) is 0 Å². The van der Waals surface area contributed by atoms with Gasteiger partial charge in [0.1, 0.15) is 6.10 Å². The number of halogens is 1. The fourth-order valence-corrected chi connectivity index (χ4v) is 3.37. The van der Waals surface area contributed by atoms with Gasteiger partial charge in [0.05, 0.1) is 6.04 Å². The molecular formula is C23H32ClNO. The Morgan fingerprint density at radius 1 is 0.885 bits per heavy atom. The van der Waals surface area contributed by atoms with E-state index in [4.69, 9.17) is 16.4 Å². The highest BCUT2D eigenvalue weighted by atomic mass is 35.5. The van der Waals surface area contributed by atoms with E-state index in [-0.39, 0.29) is 17.7 Å². The first-order valence-corrected chi connectivity index (χ1v) is 9.93. The second-order valence-corrected chi connectivity index (χ2v) is 8.49. The molecule has 2 nitrogen and oxygen atoms in total. The van der Waals surface area contributed by atoms with E-state index in [1.165, 1.54) is 5.56 Å². The zero-order valence-electron chi connectivity index (χ0n) is 16.9. The van der Waals surface area contributed by atoms with Gasteiger partial charge in [0.15, 0.2) is 0 Å². The van der Waals surface area contributed by atoms with Crippen LogP contribution in [0.1, 0.15) is 70.4 Å². The van der Waals surface area contributed by atoms with Crippen molar-refractivity contribution < 1.29 is 4.84 Å². The Balaban J connectivity index is 2.31. The molecule has 0 aliphatic rings. The van der Waals surface area contributed by atoms with E-state index < -0.39 is 0 Å². The molecule has 2 aromatic rings. The summed E-state index contributed by atoms with van der Waals surface area (Å²) in [7, 11) is 0. The van der Waals surface area contributed by atoms with Crippen LogP contribution in [0.5, 0.6) is 0 Å². The molecule has 0 N–H and O–H groups in total. The van der Waals surface area contributed by atoms with Crippen LogP contribution in [0.2, 0.25) is 0 Å². The van der Waals surface area contributed by atoms with E-state index in [1.807, 2.05) is 0 Å². The first-order valence-electron chi connectivity index (χ1n) is 9.40. The number of hydroxylamine groups is 2. The largest absolute Gasteiger partial charge is 0.290 e. The van der Waals surface area contributed by atoms with Crippen LogP contribution < -0.4 is 0 Å². The molecule has 0 aliphatic carbocycles. The van der Waals surface area contributed by atoms with Crippen molar-refractivity contribution in [2.24, 2.45) is 5.92 Å². The first-order chi connectivity index (χ1) is 12.2. The maximum atomic E-state index is 6.55. The molecule has 2 aromatic carbocycles. The van der Waals surface area contributed by atoms with Crippen LogP contribution in [-0.4, -0.2) is 10.6 Å². The fourth-order valence-electron chi connectivity index (χ4n) is 3.19. The normalized spacial score (nSPS) is 14.7. The van der Waals surface area contributed by atoms with Crippen molar-refractivity contribution in [1.29, 1.82) is 0 Å². The number of nitrogens with zero attached hydrogens (tertiary/aromatic N) is 1. The SMILES string of the molecule is CC(C)[C@@H](c1ccccc1)N(O[C@@H](C)c1ccc(CCl)cc1)C(C)(C)C. The molecule has 142 valence electrons. The standard InChI is InChI=1S/C23H32ClNO/c1-17(2)22(21-10-8-7-9-11-21)25(23(4,5)6)26-18(3)20-14-12-19(16-24)13-15-20/h7-15,17-18,22H,16H2,1-6H3/t18-,22-/m0/s1. The smallest absolute Gasteiger partial charge is 0.102 e. The van der Waals surface area contributed by atoms with E-state index in [9.17, 15) is 0 Å². The summed E-state index contributed by atoms with van der Waals surface area (Å²) in [5.41, 5.74) is 3.43. The zero-order chi connectivity index (χ0) is 19.3. The highest BCUT2D eigenvalue weighted by Crippen LogP contribution is 2.37. The number of hydrogen-bond donors (Lipinski definition) is 0. The molecule has 26 heavy (non-hydrogen) atoms. The Morgan fingerprint density at radius 2 is 1.46 bits per heavy atom. The Bertz CT molecular complexity index is 661. The van der Waals surface area contributed by atoms with Crippen LogP contribution >= 0.6 is 11.6 Å². The second kappa shape index (κ2) is 9.03. The molecule has 2 rings (SSSR count). The van der Waals surface area contributed by atoms with Gasteiger partial charge in [-0.25, -0.2) is 0 Å². The van der Waals surface area contributed by atoms with Gasteiger partial charge in [-0.1, -0.05) is 68.4 Å². The number of rotatable bonds is 7. The Labute approximate surface area is 164 Å². The van der Waals surface area contributed by atoms with Crippen LogP contribution in [0.3, 0.4) is 0 Å². The van der Waals surface area contributed by atoms with Gasteiger partial charge in [-0.3, -0.25) is 4.84 Å². The van der Waals surface area contributed by atoms with Crippen molar-refractivity contribution in [2.45, 2.75) is 65.1 Å². The summed E-state index contributed by atoms with van der Waals surface area (Å²) in [6, 6.07) is 19.2. The van der Waals surface area contributed by atoms with Gasteiger partial charge < -0.3 is 0 Å². The summed E-state index contributed by atoms with van der Waals surface area (Å²) in [5.74, 6) is 0.954. The Kier molecular flexibility index (Phi) is 7.28. The van der Waals surface area contributed by atoms with Gasteiger partial charge in [-0.05, 0) is 50.3 Å². The summed E-state index contributed by atoms with van der Waals surface area (Å²) in [5, 5.41) is 2.17. The topological polar surface area (TPSA) is 12.5 Å². The van der Waals surface area contributed by atoms with Crippen LogP contribution in [-0.2, 0) is 10.7 Å². The minimum absolute atomic E-state index is 0.0384. The average Bonchev–Trinajstić information content (AvgIpc) is 2.61. The molecular weight excluding hydrogens is 342 g/mol. The van der Waals surface area contributed by atoms with Gasteiger partial charge in [0.2, 0.25) is 0 Å². The van der Waals surface area contributed by atoms with Crippen molar-refractivity contribution in [1.82, 2.24) is 5.06 Å². The minimum Gasteiger partial charge on any atom is -0.290 e. The third-order valence-corrected chi connectivity index (χ3v) is 4.87. The maximum absolute atomic E-state index is 6.55. The van der Waals surface area contributed by atoms with Crippen molar-refractivity contribution in [3.8, 4) is 0 Å². The molecule has 0 heterocycles. The summed E-state index contributed by atoms with van der Waals surface area (Å²) in [6.07, 6.45) is -0.0384. The van der Waals surface area contributed by atoms with Crippen LogP contribution in [0.15, 0.2) is 54.6 Å². The lowest BCUT2D eigenvalue weighted by atomic mass is 9.92. The predicted octanol–water partition coefficient (Wildman–Crippen LogP) is 6.92. The third kappa shape index (κ3) is 5.33. The molecule has 0 saturated heterocycles. The summed E-state index contributed by atoms with van der Waals surface area (Å²) in [6.45, 7) is 13.2. The highest BCUT2D eigenvalue weighted by molar-refractivity contribution is 6.17. The predicted molar refractivity (Wildman–Crippen MR) is 111 cm³/mol. The second-order valence-electron chi connectivity index (χ2n) is 8.22. The van der Waals surface area contributed by atoms with Crippen molar-refractivity contribution >= 4 is 11.6 Å².